The van der Waals surface area contributed by atoms with E-state index in [1.165, 1.54) is 23.9 Å². The van der Waals surface area contributed by atoms with Gasteiger partial charge in [-0.25, -0.2) is 4.39 Å². The van der Waals surface area contributed by atoms with Gasteiger partial charge in [0.25, 0.3) is 8.32 Å². The molecule has 0 bridgehead atoms. The summed E-state index contributed by atoms with van der Waals surface area (Å²) in [5, 5.41) is -0.240. The fourth-order valence-electron chi connectivity index (χ4n) is 3.16. The minimum absolute atomic E-state index is 0.0373. The topological polar surface area (TPSA) is 38.8 Å². The fourth-order valence-corrected chi connectivity index (χ4v) is 6.03. The number of hydrogen-bond acceptors (Lipinski definition) is 4. The zero-order valence-corrected chi connectivity index (χ0v) is 22.4. The number of methoxy groups -OCH3 is 1. The predicted molar refractivity (Wildman–Crippen MR) is 132 cm³/mol. The van der Waals surface area contributed by atoms with Crippen molar-refractivity contribution in [3.63, 3.8) is 0 Å². The SMILES string of the molecule is COc1cc(C2SCC(=O)N2c2cc(F)ccc2C)cc(Br)c1O[Si](C)(C)C(C)(C)C. The largest absolute Gasteiger partial charge is 0.540 e. The van der Waals surface area contributed by atoms with Crippen LogP contribution in [0.4, 0.5) is 10.1 Å². The van der Waals surface area contributed by atoms with Gasteiger partial charge in [0.05, 0.1) is 23.0 Å². The van der Waals surface area contributed by atoms with Gasteiger partial charge in [-0.15, -0.1) is 11.8 Å². The minimum atomic E-state index is -2.09. The third kappa shape index (κ3) is 4.81. The van der Waals surface area contributed by atoms with Crippen LogP contribution in [0.3, 0.4) is 0 Å². The van der Waals surface area contributed by atoms with Crippen molar-refractivity contribution in [3.05, 3.63) is 51.7 Å². The number of thioether (sulfide) groups is 1. The molecule has 8 heteroatoms. The lowest BCUT2D eigenvalue weighted by molar-refractivity contribution is -0.115. The minimum Gasteiger partial charge on any atom is -0.540 e. The van der Waals surface area contributed by atoms with Crippen LogP contribution in [0.25, 0.3) is 0 Å². The molecule has 1 amide bonds. The molecule has 1 aliphatic heterocycles. The molecule has 0 spiro atoms. The molecule has 1 fully saturated rings. The molecule has 1 heterocycles. The number of carbonyl (C=O) groups is 1. The molecule has 0 radical (unpaired) electrons. The monoisotopic (exact) mass is 525 g/mol. The van der Waals surface area contributed by atoms with Gasteiger partial charge in [-0.3, -0.25) is 9.69 Å². The van der Waals surface area contributed by atoms with Crippen molar-refractivity contribution in [2.24, 2.45) is 0 Å². The normalized spacial score (nSPS) is 17.3. The highest BCUT2D eigenvalue weighted by Crippen LogP contribution is 2.48. The van der Waals surface area contributed by atoms with Crippen LogP contribution >= 0.6 is 27.7 Å². The molecule has 31 heavy (non-hydrogen) atoms. The van der Waals surface area contributed by atoms with Crippen LogP contribution < -0.4 is 14.1 Å². The number of anilines is 1. The fraction of sp³-hybridized carbons (Fsp3) is 0.435. The van der Waals surface area contributed by atoms with Crippen molar-refractivity contribution in [3.8, 4) is 11.5 Å². The Morgan fingerprint density at radius 1 is 1.23 bits per heavy atom. The molecule has 1 saturated heterocycles. The van der Waals surface area contributed by atoms with Gasteiger partial charge < -0.3 is 9.16 Å². The first-order valence-corrected chi connectivity index (χ1v) is 14.9. The molecule has 1 unspecified atom stereocenters. The number of aryl methyl sites for hydroxylation is 1. The number of benzene rings is 2. The second kappa shape index (κ2) is 8.79. The smallest absolute Gasteiger partial charge is 0.250 e. The van der Waals surface area contributed by atoms with Gasteiger partial charge in [0.2, 0.25) is 5.91 Å². The molecule has 0 aromatic heterocycles. The van der Waals surface area contributed by atoms with Crippen LogP contribution in [0.2, 0.25) is 18.1 Å². The van der Waals surface area contributed by atoms with Crippen molar-refractivity contribution in [2.75, 3.05) is 17.8 Å². The van der Waals surface area contributed by atoms with E-state index >= 15 is 0 Å². The molecule has 2 aromatic rings. The van der Waals surface area contributed by atoms with E-state index in [0.29, 0.717) is 22.9 Å². The molecular weight excluding hydrogens is 497 g/mol. The van der Waals surface area contributed by atoms with Crippen molar-refractivity contribution < 1.29 is 18.3 Å². The third-order valence-corrected chi connectivity index (χ3v) is 12.1. The van der Waals surface area contributed by atoms with Gasteiger partial charge in [0, 0.05) is 0 Å². The molecule has 1 aliphatic rings. The van der Waals surface area contributed by atoms with E-state index in [2.05, 4.69) is 49.8 Å². The van der Waals surface area contributed by atoms with E-state index in [0.717, 1.165) is 15.6 Å². The summed E-state index contributed by atoms with van der Waals surface area (Å²) in [5.41, 5.74) is 2.34. The molecule has 0 saturated carbocycles. The lowest BCUT2D eigenvalue weighted by Crippen LogP contribution is -2.44. The predicted octanol–water partition coefficient (Wildman–Crippen LogP) is 7.07. The Kier molecular flexibility index (Phi) is 6.84. The van der Waals surface area contributed by atoms with Gasteiger partial charge >= 0.3 is 0 Å². The second-order valence-corrected chi connectivity index (χ2v) is 15.9. The third-order valence-electron chi connectivity index (χ3n) is 6.00. The van der Waals surface area contributed by atoms with Gasteiger partial charge in [0.1, 0.15) is 11.2 Å². The number of carbonyl (C=O) groups excluding carboxylic acids is 1. The van der Waals surface area contributed by atoms with E-state index in [9.17, 15) is 9.18 Å². The van der Waals surface area contributed by atoms with Crippen molar-refractivity contribution >= 4 is 47.6 Å². The van der Waals surface area contributed by atoms with E-state index in [-0.39, 0.29) is 22.1 Å². The Labute approximate surface area is 197 Å². The van der Waals surface area contributed by atoms with Crippen molar-refractivity contribution in [1.29, 1.82) is 0 Å². The first kappa shape index (κ1) is 24.1. The standard InChI is InChI=1S/C23H29BrFNO3SSi/c1-14-8-9-16(25)12-18(14)26-20(27)13-30-22(26)15-10-17(24)21(19(11-15)28-5)29-31(6,7)23(2,3)4/h8-12,22H,13H2,1-7H3. The average Bonchev–Trinajstić information content (AvgIpc) is 3.05. The molecule has 168 valence electrons. The number of nitrogens with zero attached hydrogens (tertiary/aromatic N) is 1. The van der Waals surface area contributed by atoms with Crippen LogP contribution in [0, 0.1) is 12.7 Å². The summed E-state index contributed by atoms with van der Waals surface area (Å²) < 4.78 is 27.0. The maximum atomic E-state index is 14.0. The number of halogens is 2. The van der Waals surface area contributed by atoms with E-state index in [1.807, 2.05) is 19.1 Å². The Balaban J connectivity index is 2.04. The molecule has 1 atom stereocenters. The van der Waals surface area contributed by atoms with Crippen LogP contribution in [0.15, 0.2) is 34.8 Å². The highest BCUT2D eigenvalue weighted by molar-refractivity contribution is 9.10. The van der Waals surface area contributed by atoms with E-state index in [4.69, 9.17) is 9.16 Å². The lowest BCUT2D eigenvalue weighted by Gasteiger charge is -2.37. The lowest BCUT2D eigenvalue weighted by atomic mass is 10.1. The molecule has 0 N–H and O–H groups in total. The summed E-state index contributed by atoms with van der Waals surface area (Å²) in [4.78, 5) is 14.4. The highest BCUT2D eigenvalue weighted by atomic mass is 79.9. The maximum absolute atomic E-state index is 14.0. The van der Waals surface area contributed by atoms with Crippen LogP contribution in [0.5, 0.6) is 11.5 Å². The highest BCUT2D eigenvalue weighted by Gasteiger charge is 2.41. The Bertz CT molecular complexity index is 1010. The van der Waals surface area contributed by atoms with Crippen molar-refractivity contribution in [2.45, 2.75) is 51.2 Å². The summed E-state index contributed by atoms with van der Waals surface area (Å²) in [5.74, 6) is 1.23. The Hall–Kier alpha value is -1.51. The Morgan fingerprint density at radius 2 is 1.90 bits per heavy atom. The average molecular weight is 527 g/mol. The quantitative estimate of drug-likeness (QED) is 0.391. The number of amides is 1. The number of hydrogen-bond donors (Lipinski definition) is 0. The van der Waals surface area contributed by atoms with Gasteiger partial charge in [-0.1, -0.05) is 26.8 Å². The van der Waals surface area contributed by atoms with Crippen LogP contribution in [-0.4, -0.2) is 27.1 Å². The summed E-state index contributed by atoms with van der Waals surface area (Å²) in [6.07, 6.45) is 0. The van der Waals surface area contributed by atoms with Gasteiger partial charge in [-0.05, 0) is 76.4 Å². The van der Waals surface area contributed by atoms with Gasteiger partial charge in [0.15, 0.2) is 11.5 Å². The van der Waals surface area contributed by atoms with Crippen molar-refractivity contribution in [1.82, 2.24) is 0 Å². The molecule has 2 aromatic carbocycles. The maximum Gasteiger partial charge on any atom is 0.250 e. The molecule has 0 aliphatic carbocycles. The van der Waals surface area contributed by atoms with E-state index < -0.39 is 8.32 Å². The van der Waals surface area contributed by atoms with E-state index in [1.54, 1.807) is 18.1 Å². The number of rotatable bonds is 5. The van der Waals surface area contributed by atoms with Crippen LogP contribution in [-0.2, 0) is 4.79 Å². The zero-order valence-electron chi connectivity index (χ0n) is 19.0. The second-order valence-electron chi connectivity index (χ2n) is 9.25. The van der Waals surface area contributed by atoms with Gasteiger partial charge in [-0.2, -0.15) is 0 Å². The number of ether oxygens (including phenoxy) is 1. The molecular formula is C23H29BrFNO3SSi. The summed E-state index contributed by atoms with van der Waals surface area (Å²) in [7, 11) is -0.469. The summed E-state index contributed by atoms with van der Waals surface area (Å²) >= 11 is 5.18. The zero-order chi connectivity index (χ0) is 23.1. The summed E-state index contributed by atoms with van der Waals surface area (Å²) in [6, 6.07) is 8.43. The first-order valence-electron chi connectivity index (χ1n) is 10.1. The van der Waals surface area contributed by atoms with Crippen LogP contribution in [0.1, 0.15) is 37.3 Å². The first-order chi connectivity index (χ1) is 14.4. The summed E-state index contributed by atoms with van der Waals surface area (Å²) in [6.45, 7) is 12.8. The Morgan fingerprint density at radius 3 is 2.52 bits per heavy atom. The molecule has 4 nitrogen and oxygen atoms in total. The molecule has 3 rings (SSSR count).